The lowest BCUT2D eigenvalue weighted by Crippen LogP contribution is -2.37. The minimum absolute atomic E-state index is 0.500. The largest absolute Gasteiger partial charge is 0.637 e. The highest BCUT2D eigenvalue weighted by molar-refractivity contribution is 3.64. The van der Waals surface area contributed by atoms with Crippen LogP contribution in [-0.2, 0) is 0 Å². The molecule has 0 saturated carbocycles. The minimum atomic E-state index is 0.500. The molecule has 0 saturated heterocycles. The van der Waals surface area contributed by atoms with E-state index in [-0.39, 0.29) is 0 Å². The van der Waals surface area contributed by atoms with E-state index >= 15 is 0 Å². The highest BCUT2D eigenvalue weighted by Gasteiger charge is 0.926. The normalized spacial score (nSPS) is 3.00. The van der Waals surface area contributed by atoms with Gasteiger partial charge >= 0.3 is 0 Å². The molecule has 0 aromatic rings. The highest BCUT2D eigenvalue weighted by atomic mass is 19.1. The smallest absolute Gasteiger partial charge is 0.0785 e. The summed E-state index contributed by atoms with van der Waals surface area (Å²) in [7, 11) is 0.500. The van der Waals surface area contributed by atoms with Crippen molar-refractivity contribution in [2.75, 3.05) is 7.18 Å². The van der Waals surface area contributed by atoms with Crippen molar-refractivity contribution in [1.29, 1.82) is 0 Å². The van der Waals surface area contributed by atoms with Crippen LogP contribution in [0.25, 0.3) is 0 Å². The quantitative estimate of drug-likeness (QED) is 0.374. The topological polar surface area (TPSA) is 50.7 Å². The molecule has 0 radical (unpaired) electrons. The lowest BCUT2D eigenvalue weighted by molar-refractivity contribution is -0.275. The van der Waals surface area contributed by atoms with E-state index in [2.05, 4.69) is 0 Å². The molecular formula is CH6FNO. The van der Waals surface area contributed by atoms with Crippen LogP contribution in [0.1, 0.15) is 0 Å². The summed E-state index contributed by atoms with van der Waals surface area (Å²) in [6.07, 6.45) is 0. The van der Waals surface area contributed by atoms with Crippen LogP contribution in [-0.4, -0.2) is 7.18 Å². The Morgan fingerprint density at radius 2 is 1.50 bits per heavy atom. The molecule has 3 N–H and O–H groups in total. The molecule has 28 valence electrons. The van der Waals surface area contributed by atoms with Crippen LogP contribution < -0.4 is 5.90 Å². The number of halogens is 1. The summed E-state index contributed by atoms with van der Waals surface area (Å²) in [6.45, 7) is 0. The molecule has 0 unspecified atom stereocenters. The molecule has 0 aliphatic carbocycles. The summed E-state index contributed by atoms with van der Waals surface area (Å²) in [6, 6.07) is 0. The van der Waals surface area contributed by atoms with Crippen molar-refractivity contribution in [3.05, 3.63) is 5.21 Å². The molecule has 0 fully saturated rings. The molecule has 0 aromatic carbocycles. The molecule has 0 bridgehead atoms. The fourth-order valence-electron chi connectivity index (χ4n) is 0. The molecule has 0 rings (SSSR count). The van der Waals surface area contributed by atoms with Crippen LogP contribution in [0.5, 0.6) is 0 Å². The van der Waals surface area contributed by atoms with E-state index in [1.54, 1.807) is 0 Å². The monoisotopic (exact) mass is 67.0 g/mol. The van der Waals surface area contributed by atoms with Gasteiger partial charge in [0.05, 0.1) is 7.18 Å². The fraction of sp³-hybridized carbons (Fsp3) is 1.00. The molecule has 3 heteroatoms. The molecule has 4 heavy (non-hydrogen) atoms. The summed E-state index contributed by atoms with van der Waals surface area (Å²) in [5.41, 5.74) is 0. The van der Waals surface area contributed by atoms with Crippen LogP contribution in [0.3, 0.4) is 0 Å². The second kappa shape index (κ2) is 434. The van der Waals surface area contributed by atoms with Gasteiger partial charge in [-0.1, -0.05) is 0 Å². The van der Waals surface area contributed by atoms with Gasteiger partial charge in [0.25, 0.3) is 0 Å². The highest BCUT2D eigenvalue weighted by Crippen LogP contribution is 1.16. The lowest BCUT2D eigenvalue weighted by atomic mass is 11.9. The molecule has 0 amide bonds. The van der Waals surface area contributed by atoms with Gasteiger partial charge in [-0.2, -0.15) is 0 Å². The van der Waals surface area contributed by atoms with Gasteiger partial charge in [0.15, 0.2) is 0 Å². The van der Waals surface area contributed by atoms with Gasteiger partial charge in [-0.05, 0) is 0 Å². The lowest BCUT2D eigenvalue weighted by Gasteiger charge is -1.52. The molecule has 0 aromatic heterocycles. The average molecular weight is 67.1 g/mol. The van der Waals surface area contributed by atoms with Crippen molar-refractivity contribution >= 4 is 0 Å². The van der Waals surface area contributed by atoms with Crippen molar-refractivity contribution in [1.82, 2.24) is 0 Å². The molecule has 0 spiro atoms. The molecule has 0 atom stereocenters. The zero-order valence-electron chi connectivity index (χ0n) is 2.49. The maximum atomic E-state index is 9.50. The third kappa shape index (κ3) is 59.4. The first-order valence-electron chi connectivity index (χ1n) is 0.667. The Bertz CT molecular complexity index is 8.00. The van der Waals surface area contributed by atoms with Crippen molar-refractivity contribution in [3.8, 4) is 0 Å². The standard InChI is InChI=1S/CH3F.H3NO/c2*1-2/h2*1H3. The summed E-state index contributed by atoms with van der Waals surface area (Å²) < 4.78 is 9.50. The van der Waals surface area contributed by atoms with Crippen LogP contribution in [0.2, 0.25) is 0 Å². The Labute approximate surface area is 24.0 Å². The van der Waals surface area contributed by atoms with Crippen LogP contribution in [0.15, 0.2) is 0 Å². The third-order valence-electron chi connectivity index (χ3n) is 0. The molecule has 0 heterocycles. The Kier molecular flexibility index (Phi) is 990. The Morgan fingerprint density at radius 1 is 1.50 bits per heavy atom. The molecule has 2 nitrogen and oxygen atoms in total. The number of hydrogen-bond donors (Lipinski definition) is 1. The third-order valence-corrected chi connectivity index (χ3v) is 0. The number of hydrogen-bond acceptors (Lipinski definition) is 1. The van der Waals surface area contributed by atoms with E-state index in [0.717, 1.165) is 0 Å². The van der Waals surface area contributed by atoms with E-state index in [4.69, 9.17) is 5.21 Å². The van der Waals surface area contributed by atoms with E-state index in [1.807, 2.05) is 5.90 Å². The van der Waals surface area contributed by atoms with E-state index < -0.39 is 0 Å². The number of alkyl halides is 1. The predicted octanol–water partition coefficient (Wildman–Crippen LogP) is -0.688. The van der Waals surface area contributed by atoms with Gasteiger partial charge in [0.2, 0.25) is 0 Å². The van der Waals surface area contributed by atoms with Crippen molar-refractivity contribution in [2.24, 2.45) is 0 Å². The molecular weight excluding hydrogens is 61.0 g/mol. The fourth-order valence-corrected chi connectivity index (χ4v) is 0. The maximum Gasteiger partial charge on any atom is 0.0785 e. The van der Waals surface area contributed by atoms with E-state index in [9.17, 15) is 4.39 Å². The van der Waals surface area contributed by atoms with E-state index in [0.29, 0.717) is 7.18 Å². The maximum absolute atomic E-state index is 9.50. The second-order valence-corrected chi connectivity index (χ2v) is 0. The first-order valence-corrected chi connectivity index (χ1v) is 0.667. The van der Waals surface area contributed by atoms with Gasteiger partial charge in [-0.15, -0.1) is 0 Å². The van der Waals surface area contributed by atoms with E-state index in [1.165, 1.54) is 0 Å². The second-order valence-electron chi connectivity index (χ2n) is 0. The number of quaternary nitrogens is 1. The summed E-state index contributed by atoms with van der Waals surface area (Å²) >= 11 is 0. The summed E-state index contributed by atoms with van der Waals surface area (Å²) in [4.78, 5) is 0. The Hall–Kier alpha value is -0.150. The van der Waals surface area contributed by atoms with Gasteiger partial charge in [-0.25, -0.2) is 0 Å². The van der Waals surface area contributed by atoms with Gasteiger partial charge in [0, 0.05) is 0 Å². The van der Waals surface area contributed by atoms with Gasteiger partial charge in [0.1, 0.15) is 0 Å². The summed E-state index contributed by atoms with van der Waals surface area (Å²) in [5, 5.41) is 8.00. The Balaban J connectivity index is 0. The van der Waals surface area contributed by atoms with Crippen LogP contribution in [0, 0.1) is 5.21 Å². The molecule has 0 aliphatic rings. The van der Waals surface area contributed by atoms with Crippen molar-refractivity contribution < 1.29 is 10.3 Å². The minimum Gasteiger partial charge on any atom is -0.637 e. The van der Waals surface area contributed by atoms with Crippen molar-refractivity contribution in [2.45, 2.75) is 0 Å². The first-order chi connectivity index (χ1) is 2.00. The number of rotatable bonds is 0. The average Bonchev–Trinajstić information content (AvgIpc) is 1.50. The van der Waals surface area contributed by atoms with Gasteiger partial charge < -0.3 is 11.1 Å². The summed E-state index contributed by atoms with van der Waals surface area (Å²) in [5.74, 6) is 2.00. The zero-order chi connectivity index (χ0) is 4.00. The molecule has 0 aliphatic heterocycles. The Morgan fingerprint density at radius 3 is 1.50 bits per heavy atom. The zero-order valence-corrected chi connectivity index (χ0v) is 2.49. The predicted molar refractivity (Wildman–Crippen MR) is 13.3 cm³/mol. The first kappa shape index (κ1) is 9.14. The van der Waals surface area contributed by atoms with Crippen LogP contribution in [0.4, 0.5) is 4.39 Å². The van der Waals surface area contributed by atoms with Crippen molar-refractivity contribution in [3.63, 3.8) is 0 Å². The van der Waals surface area contributed by atoms with Gasteiger partial charge in [-0.3, -0.25) is 4.39 Å². The van der Waals surface area contributed by atoms with Crippen LogP contribution >= 0.6 is 0 Å². The SMILES string of the molecule is CF.[NH3+][O-].